The first-order valence-corrected chi connectivity index (χ1v) is 9.71. The Balaban J connectivity index is 1.66. The van der Waals surface area contributed by atoms with Gasteiger partial charge in [0.15, 0.2) is 11.1 Å². The molecule has 3 heterocycles. The lowest BCUT2D eigenvalue weighted by Crippen LogP contribution is -2.19. The van der Waals surface area contributed by atoms with E-state index in [-0.39, 0.29) is 17.6 Å². The van der Waals surface area contributed by atoms with E-state index in [1.54, 1.807) is 41.1 Å². The van der Waals surface area contributed by atoms with Crippen molar-refractivity contribution in [2.45, 2.75) is 18.9 Å². The van der Waals surface area contributed by atoms with Crippen molar-refractivity contribution in [2.24, 2.45) is 12.0 Å². The normalized spacial score (nSPS) is 14.8. The van der Waals surface area contributed by atoms with Gasteiger partial charge in [-0.2, -0.15) is 14.9 Å². The first-order valence-electron chi connectivity index (χ1n) is 9.71. The van der Waals surface area contributed by atoms with Crippen LogP contribution in [0.3, 0.4) is 0 Å². The van der Waals surface area contributed by atoms with Crippen LogP contribution in [0.15, 0.2) is 46.3 Å². The van der Waals surface area contributed by atoms with E-state index in [1.165, 1.54) is 7.05 Å². The summed E-state index contributed by atoms with van der Waals surface area (Å²) in [4.78, 5) is 23.8. The van der Waals surface area contributed by atoms with Gasteiger partial charge < -0.3 is 15.4 Å². The summed E-state index contributed by atoms with van der Waals surface area (Å²) >= 11 is 0. The van der Waals surface area contributed by atoms with Crippen molar-refractivity contribution in [3.8, 4) is 11.9 Å². The molecule has 0 unspecified atom stereocenters. The number of hydrogen-bond donors (Lipinski definition) is 3. The lowest BCUT2D eigenvalue weighted by atomic mass is 10.2. The van der Waals surface area contributed by atoms with Gasteiger partial charge in [0.2, 0.25) is 5.88 Å². The molecule has 10 heteroatoms. The third-order valence-electron chi connectivity index (χ3n) is 5.03. The number of anilines is 2. The van der Waals surface area contributed by atoms with E-state index in [1.807, 2.05) is 6.07 Å². The molecule has 1 aliphatic carbocycles. The predicted octanol–water partition coefficient (Wildman–Crippen LogP) is 0.688. The zero-order valence-electron chi connectivity index (χ0n) is 16.6. The maximum absolute atomic E-state index is 11.8. The van der Waals surface area contributed by atoms with Crippen molar-refractivity contribution in [3.05, 3.63) is 69.0 Å². The van der Waals surface area contributed by atoms with Crippen LogP contribution in [0.2, 0.25) is 0 Å². The number of aromatic hydroxyl groups is 1. The van der Waals surface area contributed by atoms with Crippen molar-refractivity contribution < 1.29 is 5.11 Å². The van der Waals surface area contributed by atoms with Gasteiger partial charge in [-0.15, -0.1) is 0 Å². The summed E-state index contributed by atoms with van der Waals surface area (Å²) in [7, 11) is 1.48. The van der Waals surface area contributed by atoms with Crippen molar-refractivity contribution in [1.29, 1.82) is 5.26 Å². The number of hydrogen-bond acceptors (Lipinski definition) is 7. The van der Waals surface area contributed by atoms with E-state index in [0.29, 0.717) is 27.7 Å². The van der Waals surface area contributed by atoms with Crippen LogP contribution in [-0.4, -0.2) is 35.3 Å². The minimum atomic E-state index is -0.416. The first-order chi connectivity index (χ1) is 15.0. The lowest BCUT2D eigenvalue weighted by molar-refractivity contribution is 0.428. The van der Waals surface area contributed by atoms with Crippen molar-refractivity contribution in [3.63, 3.8) is 0 Å². The Morgan fingerprint density at radius 1 is 1.35 bits per heavy atom. The molecule has 0 aliphatic heterocycles. The van der Waals surface area contributed by atoms with E-state index < -0.39 is 5.69 Å². The van der Waals surface area contributed by atoms with Gasteiger partial charge in [-0.05, 0) is 43.2 Å². The molecule has 154 valence electrons. The fourth-order valence-corrected chi connectivity index (χ4v) is 3.18. The summed E-state index contributed by atoms with van der Waals surface area (Å²) in [5, 5.41) is 27.4. The third-order valence-corrected chi connectivity index (χ3v) is 5.03. The average molecular weight is 414 g/mol. The summed E-state index contributed by atoms with van der Waals surface area (Å²) in [6.07, 6.45) is 5.33. The zero-order chi connectivity index (χ0) is 21.5. The highest BCUT2D eigenvalue weighted by Gasteiger charge is 2.20. The Morgan fingerprint density at radius 2 is 2.13 bits per heavy atom. The van der Waals surface area contributed by atoms with Gasteiger partial charge in [0.25, 0.3) is 0 Å². The molecule has 0 saturated heterocycles. The number of nitrogens with one attached hydrogen (secondary N) is 2. The van der Waals surface area contributed by atoms with Crippen LogP contribution in [0.5, 0.6) is 5.88 Å². The predicted molar refractivity (Wildman–Crippen MR) is 112 cm³/mol. The molecule has 0 bridgehead atoms. The molecular formula is C21H18N8O2. The van der Waals surface area contributed by atoms with Crippen LogP contribution >= 0.6 is 0 Å². The minimum absolute atomic E-state index is 0.167. The highest BCUT2D eigenvalue weighted by Crippen LogP contribution is 2.22. The van der Waals surface area contributed by atoms with Crippen LogP contribution in [0.1, 0.15) is 24.1 Å². The van der Waals surface area contributed by atoms with Crippen LogP contribution in [0.25, 0.3) is 11.7 Å². The Hall–Kier alpha value is -4.39. The molecule has 0 atom stereocenters. The van der Waals surface area contributed by atoms with Crippen LogP contribution in [0.4, 0.5) is 11.5 Å². The number of aromatic nitrogens is 5. The van der Waals surface area contributed by atoms with E-state index in [2.05, 4.69) is 26.5 Å². The van der Waals surface area contributed by atoms with Gasteiger partial charge in [-0.25, -0.2) is 9.78 Å². The van der Waals surface area contributed by atoms with Gasteiger partial charge >= 0.3 is 5.69 Å². The summed E-state index contributed by atoms with van der Waals surface area (Å²) in [6.45, 7) is 0. The molecule has 3 aromatic heterocycles. The molecule has 1 saturated carbocycles. The Bertz CT molecular complexity index is 1520. The molecule has 0 radical (unpaired) electrons. The average Bonchev–Trinajstić information content (AvgIpc) is 3.45. The first kappa shape index (κ1) is 18.6. The maximum Gasteiger partial charge on any atom is 0.328 e. The van der Waals surface area contributed by atoms with Gasteiger partial charge in [0, 0.05) is 24.0 Å². The third kappa shape index (κ3) is 3.53. The number of aromatic amines is 1. The number of benzene rings is 1. The van der Waals surface area contributed by atoms with Gasteiger partial charge in [0.05, 0.1) is 23.9 Å². The highest BCUT2D eigenvalue weighted by atomic mass is 16.3. The number of fused-ring (bicyclic) bond motifs is 1. The van der Waals surface area contributed by atoms with Crippen molar-refractivity contribution in [2.75, 3.05) is 5.32 Å². The fourth-order valence-electron chi connectivity index (χ4n) is 3.18. The second kappa shape index (κ2) is 7.14. The van der Waals surface area contributed by atoms with Gasteiger partial charge in [-0.1, -0.05) is 0 Å². The summed E-state index contributed by atoms with van der Waals surface area (Å²) in [5.74, 6) is 0.400. The topological polar surface area (TPSA) is 136 Å². The Labute approximate surface area is 175 Å². The molecule has 0 spiro atoms. The highest BCUT2D eigenvalue weighted by molar-refractivity contribution is 5.61. The van der Waals surface area contributed by atoms with Crippen molar-refractivity contribution >= 4 is 23.2 Å². The number of imidazole rings is 1. The summed E-state index contributed by atoms with van der Waals surface area (Å²) in [6, 6.07) is 11.3. The number of H-pyrrole nitrogens is 1. The van der Waals surface area contributed by atoms with Gasteiger partial charge in [-0.3, -0.25) is 9.56 Å². The monoisotopic (exact) mass is 414 g/mol. The summed E-state index contributed by atoms with van der Waals surface area (Å²) in [5.41, 5.74) is 2.40. The molecule has 1 aliphatic rings. The molecule has 1 fully saturated rings. The second-order valence-electron chi connectivity index (χ2n) is 7.38. The van der Waals surface area contributed by atoms with E-state index in [9.17, 15) is 9.90 Å². The van der Waals surface area contributed by atoms with E-state index in [0.717, 1.165) is 23.1 Å². The second-order valence-corrected chi connectivity index (χ2v) is 7.38. The molecule has 10 nitrogen and oxygen atoms in total. The molecule has 4 aromatic rings. The van der Waals surface area contributed by atoms with Crippen LogP contribution < -0.4 is 21.7 Å². The van der Waals surface area contributed by atoms with Crippen LogP contribution in [0, 0.1) is 11.3 Å². The zero-order valence-corrected chi connectivity index (χ0v) is 16.6. The molecular weight excluding hydrogens is 396 g/mol. The molecule has 5 rings (SSSR count). The Morgan fingerprint density at radius 3 is 2.77 bits per heavy atom. The molecule has 31 heavy (non-hydrogen) atoms. The fraction of sp³-hybridized carbons (Fsp3) is 0.190. The maximum atomic E-state index is 11.8. The quantitative estimate of drug-likeness (QED) is 0.449. The van der Waals surface area contributed by atoms with Crippen LogP contribution in [-0.2, 0) is 7.05 Å². The summed E-state index contributed by atoms with van der Waals surface area (Å²) < 4.78 is 2.77. The molecule has 0 amide bonds. The molecule has 1 aromatic carbocycles. The largest absolute Gasteiger partial charge is 0.493 e. The van der Waals surface area contributed by atoms with Gasteiger partial charge in [0.1, 0.15) is 11.5 Å². The molecule has 3 N–H and O–H groups in total. The van der Waals surface area contributed by atoms with Crippen molar-refractivity contribution in [1.82, 2.24) is 24.1 Å². The number of rotatable bonds is 4. The van der Waals surface area contributed by atoms with E-state index in [4.69, 9.17) is 10.3 Å². The lowest BCUT2D eigenvalue weighted by Gasteiger charge is -2.06. The SMILES string of the molecule is Cn1c(O)c(/C=c2\cnn3c(=NC4CC4)cc(Nc4ccc(C#N)cc4)nc23)[nH]c1=O. The number of nitrogens with zero attached hydrogens (tertiary/aromatic N) is 6. The number of nitriles is 1. The standard InChI is InChI=1S/C21H18N8O2/c1-28-20(30)16(26-21(28)31)8-13-11-23-29-18(25-15-6-7-15)9-17(27-19(13)29)24-14-4-2-12(10-22)3-5-14/h2-5,8-9,11,15,24,30H,6-7H2,1H3,(H,26,31)/b13-8+,25-18?. The minimum Gasteiger partial charge on any atom is -0.493 e. The Kier molecular flexibility index (Phi) is 4.29. The smallest absolute Gasteiger partial charge is 0.328 e. The van der Waals surface area contributed by atoms with E-state index >= 15 is 0 Å².